The fourth-order valence-electron chi connectivity index (χ4n) is 1.66. The number of fused-ring (bicyclic) bond motifs is 1. The van der Waals surface area contributed by atoms with Gasteiger partial charge < -0.3 is 15.2 Å². The van der Waals surface area contributed by atoms with E-state index in [1.165, 1.54) is 0 Å². The summed E-state index contributed by atoms with van der Waals surface area (Å²) >= 11 is 0. The molecule has 0 saturated carbocycles. The second-order valence-electron chi connectivity index (χ2n) is 3.67. The number of likely N-dealkylation sites (N-methyl/N-ethyl adjacent to an activating group) is 1. The third-order valence-electron chi connectivity index (χ3n) is 2.50. The van der Waals surface area contributed by atoms with Crippen molar-refractivity contribution in [1.29, 1.82) is 0 Å². The molecule has 2 rings (SSSR count). The smallest absolute Gasteiger partial charge is 0.179 e. The third kappa shape index (κ3) is 1.68. The molecule has 15 heavy (non-hydrogen) atoms. The fraction of sp³-hybridized carbons (Fsp3) is 0.364. The molecule has 0 bridgehead atoms. The minimum atomic E-state index is 0.608. The number of nitrogens with two attached hydrogens (primary N) is 1. The summed E-state index contributed by atoms with van der Waals surface area (Å²) in [7, 11) is 1.96. The molecule has 0 amide bonds. The number of nitrogens with zero attached hydrogens (tertiary/aromatic N) is 2. The van der Waals surface area contributed by atoms with Crippen molar-refractivity contribution in [2.24, 2.45) is 5.73 Å². The van der Waals surface area contributed by atoms with E-state index in [1.54, 1.807) is 0 Å². The van der Waals surface area contributed by atoms with Gasteiger partial charge in [-0.2, -0.15) is 0 Å². The molecule has 0 aliphatic carbocycles. The van der Waals surface area contributed by atoms with Crippen LogP contribution in [0.4, 0.5) is 5.82 Å². The van der Waals surface area contributed by atoms with Crippen molar-refractivity contribution in [1.82, 2.24) is 5.16 Å². The molecule has 0 radical (unpaired) electrons. The number of para-hydroxylation sites is 1. The number of rotatable bonds is 3. The van der Waals surface area contributed by atoms with Gasteiger partial charge in [0.05, 0.1) is 5.39 Å². The van der Waals surface area contributed by atoms with Gasteiger partial charge in [0.2, 0.25) is 0 Å². The SMILES string of the molecule is Cc1cccc2c(N(C)CCN)noc12. The van der Waals surface area contributed by atoms with Gasteiger partial charge in [-0.3, -0.25) is 0 Å². The molecule has 0 aliphatic heterocycles. The number of hydrogen-bond donors (Lipinski definition) is 1. The molecular weight excluding hydrogens is 190 g/mol. The summed E-state index contributed by atoms with van der Waals surface area (Å²) in [6.45, 7) is 3.40. The Morgan fingerprint density at radius 3 is 3.00 bits per heavy atom. The number of aryl methyl sites for hydroxylation is 1. The van der Waals surface area contributed by atoms with E-state index in [0.29, 0.717) is 6.54 Å². The molecular formula is C11H15N3O. The summed E-state index contributed by atoms with van der Waals surface area (Å²) in [5.41, 5.74) is 7.47. The van der Waals surface area contributed by atoms with E-state index in [9.17, 15) is 0 Å². The van der Waals surface area contributed by atoms with Gasteiger partial charge in [-0.1, -0.05) is 17.3 Å². The van der Waals surface area contributed by atoms with Crippen LogP contribution in [-0.4, -0.2) is 25.3 Å². The highest BCUT2D eigenvalue weighted by Crippen LogP contribution is 2.27. The van der Waals surface area contributed by atoms with Crippen molar-refractivity contribution >= 4 is 16.8 Å². The van der Waals surface area contributed by atoms with Gasteiger partial charge >= 0.3 is 0 Å². The van der Waals surface area contributed by atoms with Crippen molar-refractivity contribution < 1.29 is 4.52 Å². The monoisotopic (exact) mass is 205 g/mol. The average Bonchev–Trinajstić information content (AvgIpc) is 2.63. The van der Waals surface area contributed by atoms with Crippen molar-refractivity contribution in [3.63, 3.8) is 0 Å². The molecule has 2 aromatic rings. The van der Waals surface area contributed by atoms with Crippen molar-refractivity contribution in [3.05, 3.63) is 23.8 Å². The van der Waals surface area contributed by atoms with Crippen LogP contribution in [0.5, 0.6) is 0 Å². The average molecular weight is 205 g/mol. The quantitative estimate of drug-likeness (QED) is 0.825. The normalized spacial score (nSPS) is 10.9. The first-order valence-electron chi connectivity index (χ1n) is 5.00. The lowest BCUT2D eigenvalue weighted by Gasteiger charge is -2.13. The molecule has 0 aliphatic rings. The maximum absolute atomic E-state index is 5.51. The molecule has 0 spiro atoms. The Morgan fingerprint density at radius 2 is 2.27 bits per heavy atom. The zero-order chi connectivity index (χ0) is 10.8. The molecule has 0 saturated heterocycles. The summed E-state index contributed by atoms with van der Waals surface area (Å²) in [6, 6.07) is 6.04. The number of hydrogen-bond acceptors (Lipinski definition) is 4. The summed E-state index contributed by atoms with van der Waals surface area (Å²) < 4.78 is 5.31. The molecule has 0 atom stereocenters. The van der Waals surface area contributed by atoms with E-state index in [-0.39, 0.29) is 0 Å². The molecule has 80 valence electrons. The summed E-state index contributed by atoms with van der Waals surface area (Å²) in [5.74, 6) is 0.860. The zero-order valence-corrected chi connectivity index (χ0v) is 9.03. The van der Waals surface area contributed by atoms with Crippen LogP contribution in [0.2, 0.25) is 0 Å². The highest BCUT2D eigenvalue weighted by molar-refractivity contribution is 5.90. The molecule has 1 aromatic carbocycles. The van der Waals surface area contributed by atoms with Gasteiger partial charge in [0.15, 0.2) is 11.4 Å². The summed E-state index contributed by atoms with van der Waals surface area (Å²) in [4.78, 5) is 2.01. The Bertz CT molecular complexity index is 464. The van der Waals surface area contributed by atoms with E-state index in [0.717, 1.165) is 28.9 Å². The lowest BCUT2D eigenvalue weighted by molar-refractivity contribution is 0.454. The van der Waals surface area contributed by atoms with Crippen molar-refractivity contribution in [2.45, 2.75) is 6.92 Å². The topological polar surface area (TPSA) is 55.3 Å². The predicted molar refractivity (Wildman–Crippen MR) is 61.1 cm³/mol. The van der Waals surface area contributed by atoms with Crippen LogP contribution < -0.4 is 10.6 Å². The van der Waals surface area contributed by atoms with Gasteiger partial charge in [-0.25, -0.2) is 0 Å². The van der Waals surface area contributed by atoms with Crippen molar-refractivity contribution in [2.75, 3.05) is 25.0 Å². The van der Waals surface area contributed by atoms with Crippen molar-refractivity contribution in [3.8, 4) is 0 Å². The Morgan fingerprint density at radius 1 is 1.47 bits per heavy atom. The van der Waals surface area contributed by atoms with Crippen LogP contribution in [-0.2, 0) is 0 Å². The maximum atomic E-state index is 5.51. The van der Waals surface area contributed by atoms with Crippen LogP contribution in [0.1, 0.15) is 5.56 Å². The maximum Gasteiger partial charge on any atom is 0.179 e. The molecule has 4 heteroatoms. The molecule has 0 fully saturated rings. The fourth-order valence-corrected chi connectivity index (χ4v) is 1.66. The summed E-state index contributed by atoms with van der Waals surface area (Å²) in [6.07, 6.45) is 0. The Labute approximate surface area is 88.6 Å². The minimum Gasteiger partial charge on any atom is -0.355 e. The lowest BCUT2D eigenvalue weighted by Crippen LogP contribution is -2.25. The van der Waals surface area contributed by atoms with Crippen LogP contribution in [0, 0.1) is 6.92 Å². The first kappa shape index (κ1) is 9.98. The van der Waals surface area contributed by atoms with Gasteiger partial charge in [0.25, 0.3) is 0 Å². The van der Waals surface area contributed by atoms with Gasteiger partial charge in [-0.15, -0.1) is 0 Å². The molecule has 0 unspecified atom stereocenters. The molecule has 1 aromatic heterocycles. The van der Waals surface area contributed by atoms with Gasteiger partial charge in [-0.05, 0) is 18.6 Å². The number of aromatic nitrogens is 1. The second kappa shape index (κ2) is 3.90. The lowest BCUT2D eigenvalue weighted by atomic mass is 10.2. The highest BCUT2D eigenvalue weighted by Gasteiger charge is 2.12. The first-order valence-corrected chi connectivity index (χ1v) is 5.00. The predicted octanol–water partition coefficient (Wildman–Crippen LogP) is 1.53. The van der Waals surface area contributed by atoms with E-state index in [1.807, 2.05) is 37.1 Å². The Hall–Kier alpha value is -1.55. The van der Waals surface area contributed by atoms with Crippen LogP contribution >= 0.6 is 0 Å². The largest absolute Gasteiger partial charge is 0.355 e. The first-order chi connectivity index (χ1) is 7.24. The molecule has 1 heterocycles. The third-order valence-corrected chi connectivity index (χ3v) is 2.50. The van der Waals surface area contributed by atoms with Gasteiger partial charge in [0.1, 0.15) is 0 Å². The Kier molecular flexibility index (Phi) is 2.60. The zero-order valence-electron chi connectivity index (χ0n) is 9.03. The number of benzene rings is 1. The standard InChI is InChI=1S/C11H15N3O/c1-8-4-3-5-9-10(8)15-13-11(9)14(2)7-6-12/h3-5H,6-7,12H2,1-2H3. The van der Waals surface area contributed by atoms with Crippen LogP contribution in [0.3, 0.4) is 0 Å². The highest BCUT2D eigenvalue weighted by atomic mass is 16.5. The minimum absolute atomic E-state index is 0.608. The Balaban J connectivity index is 2.49. The number of anilines is 1. The van der Waals surface area contributed by atoms with E-state index in [4.69, 9.17) is 10.3 Å². The summed E-state index contributed by atoms with van der Waals surface area (Å²) in [5, 5.41) is 5.12. The van der Waals surface area contributed by atoms with E-state index in [2.05, 4.69) is 5.16 Å². The van der Waals surface area contributed by atoms with Crippen LogP contribution in [0.15, 0.2) is 22.7 Å². The second-order valence-corrected chi connectivity index (χ2v) is 3.67. The van der Waals surface area contributed by atoms with Gasteiger partial charge in [0, 0.05) is 20.1 Å². The molecule has 4 nitrogen and oxygen atoms in total. The van der Waals surface area contributed by atoms with E-state index >= 15 is 0 Å². The molecule has 2 N–H and O–H groups in total. The van der Waals surface area contributed by atoms with Crippen LogP contribution in [0.25, 0.3) is 11.0 Å². The van der Waals surface area contributed by atoms with E-state index < -0.39 is 0 Å².